The van der Waals surface area contributed by atoms with Gasteiger partial charge in [0.25, 0.3) is 0 Å². The number of fused-ring (bicyclic) bond motifs is 1. The number of hydrogen-bond acceptors (Lipinski definition) is 5. The predicted molar refractivity (Wildman–Crippen MR) is 115 cm³/mol. The van der Waals surface area contributed by atoms with E-state index in [0.29, 0.717) is 33.7 Å². The molecule has 0 radical (unpaired) electrons. The van der Waals surface area contributed by atoms with Gasteiger partial charge in [-0.25, -0.2) is 18.4 Å². The Morgan fingerprint density at radius 1 is 0.862 bits per heavy atom. The molecule has 0 aliphatic rings. The van der Waals surface area contributed by atoms with E-state index in [2.05, 4.69) is 4.98 Å². The van der Waals surface area contributed by atoms with Gasteiger partial charge in [0, 0.05) is 11.8 Å². The summed E-state index contributed by atoms with van der Waals surface area (Å²) in [7, 11) is -1.90. The monoisotopic (exact) mass is 404 g/mol. The summed E-state index contributed by atoms with van der Waals surface area (Å²) in [6.07, 6.45) is 1.22. The van der Waals surface area contributed by atoms with E-state index in [-0.39, 0.29) is 4.90 Å². The molecule has 3 aromatic carbocycles. The molecule has 0 fully saturated rings. The second kappa shape index (κ2) is 7.29. The molecule has 0 aliphatic carbocycles. The topological polar surface area (TPSA) is 69.2 Å². The lowest BCUT2D eigenvalue weighted by atomic mass is 10.0. The van der Waals surface area contributed by atoms with E-state index in [0.717, 1.165) is 11.1 Å². The van der Waals surface area contributed by atoms with Crippen molar-refractivity contribution < 1.29 is 13.2 Å². The Bertz CT molecular complexity index is 1320. The maximum atomic E-state index is 12.6. The third-order valence-corrected chi connectivity index (χ3v) is 5.93. The van der Waals surface area contributed by atoms with Crippen LogP contribution in [-0.2, 0) is 9.84 Å². The van der Waals surface area contributed by atoms with Gasteiger partial charge >= 0.3 is 0 Å². The van der Waals surface area contributed by atoms with Crippen LogP contribution in [0.4, 0.5) is 0 Å². The summed E-state index contributed by atoms with van der Waals surface area (Å²) < 4.78 is 30.6. The first-order valence-corrected chi connectivity index (χ1v) is 11.0. The fourth-order valence-electron chi connectivity index (χ4n) is 3.39. The average Bonchev–Trinajstić information content (AvgIpc) is 2.72. The van der Waals surface area contributed by atoms with E-state index in [1.54, 1.807) is 13.2 Å². The Morgan fingerprint density at radius 3 is 2.31 bits per heavy atom. The summed E-state index contributed by atoms with van der Waals surface area (Å²) in [5.74, 6) is 0.632. The van der Waals surface area contributed by atoms with Gasteiger partial charge in [0.05, 0.1) is 28.9 Å². The minimum Gasteiger partial charge on any atom is -0.494 e. The van der Waals surface area contributed by atoms with Gasteiger partial charge in [-0.05, 0) is 36.2 Å². The van der Waals surface area contributed by atoms with Crippen molar-refractivity contribution in [3.05, 3.63) is 72.4 Å². The summed E-state index contributed by atoms with van der Waals surface area (Å²) in [6, 6.07) is 20.6. The van der Waals surface area contributed by atoms with Gasteiger partial charge in [-0.3, -0.25) is 0 Å². The van der Waals surface area contributed by atoms with Gasteiger partial charge in [-0.15, -0.1) is 0 Å². The van der Waals surface area contributed by atoms with Crippen LogP contribution >= 0.6 is 0 Å². The van der Waals surface area contributed by atoms with Gasteiger partial charge in [0.1, 0.15) is 11.3 Å². The minimum atomic E-state index is -3.49. The third-order valence-electron chi connectivity index (χ3n) is 4.80. The van der Waals surface area contributed by atoms with E-state index in [1.807, 2.05) is 67.6 Å². The zero-order chi connectivity index (χ0) is 20.6. The van der Waals surface area contributed by atoms with Gasteiger partial charge in [-0.2, -0.15) is 0 Å². The highest BCUT2D eigenvalue weighted by atomic mass is 32.2. The number of methoxy groups -OCH3 is 1. The maximum absolute atomic E-state index is 12.6. The molecule has 0 unspecified atom stereocenters. The first-order chi connectivity index (χ1) is 13.9. The van der Waals surface area contributed by atoms with Crippen molar-refractivity contribution in [3.8, 4) is 28.1 Å². The van der Waals surface area contributed by atoms with E-state index in [4.69, 9.17) is 9.72 Å². The molecular weight excluding hydrogens is 384 g/mol. The molecule has 4 aromatic rings. The lowest BCUT2D eigenvalue weighted by Gasteiger charge is -2.13. The number of hydrogen-bond donors (Lipinski definition) is 0. The zero-order valence-electron chi connectivity index (χ0n) is 16.4. The van der Waals surface area contributed by atoms with Crippen LogP contribution in [0, 0.1) is 6.92 Å². The van der Waals surface area contributed by atoms with Crippen molar-refractivity contribution in [1.82, 2.24) is 9.97 Å². The molecule has 0 aliphatic heterocycles. The number of ether oxygens (including phenoxy) is 1. The van der Waals surface area contributed by atoms with Crippen LogP contribution in [0.3, 0.4) is 0 Å². The van der Waals surface area contributed by atoms with Gasteiger partial charge in [0.15, 0.2) is 9.84 Å². The van der Waals surface area contributed by atoms with E-state index < -0.39 is 9.84 Å². The molecule has 4 rings (SSSR count). The number of rotatable bonds is 4. The largest absolute Gasteiger partial charge is 0.494 e. The van der Waals surface area contributed by atoms with Crippen molar-refractivity contribution in [2.75, 3.05) is 13.4 Å². The lowest BCUT2D eigenvalue weighted by molar-refractivity contribution is 0.418. The molecule has 1 heterocycles. The van der Waals surface area contributed by atoms with Crippen molar-refractivity contribution in [3.63, 3.8) is 0 Å². The molecule has 0 spiro atoms. The summed E-state index contributed by atoms with van der Waals surface area (Å²) in [5, 5.41) is 0. The minimum absolute atomic E-state index is 0.235. The lowest BCUT2D eigenvalue weighted by Crippen LogP contribution is -2.04. The Labute approximate surface area is 170 Å². The van der Waals surface area contributed by atoms with Crippen molar-refractivity contribution in [1.29, 1.82) is 0 Å². The molecule has 146 valence electrons. The fraction of sp³-hybridized carbons (Fsp3) is 0.130. The van der Waals surface area contributed by atoms with Gasteiger partial charge < -0.3 is 4.74 Å². The third kappa shape index (κ3) is 3.59. The molecule has 0 saturated carbocycles. The Balaban J connectivity index is 1.96. The smallest absolute Gasteiger partial charge is 0.176 e. The summed E-state index contributed by atoms with van der Waals surface area (Å²) in [6.45, 7) is 1.82. The number of aromatic nitrogens is 2. The van der Waals surface area contributed by atoms with Crippen LogP contribution in [0.5, 0.6) is 5.75 Å². The summed E-state index contributed by atoms with van der Waals surface area (Å²) in [5.41, 5.74) is 4.82. The van der Waals surface area contributed by atoms with Crippen LogP contribution in [0.15, 0.2) is 71.6 Å². The molecule has 0 bridgehead atoms. The van der Waals surface area contributed by atoms with Gasteiger partial charge in [-0.1, -0.05) is 48.5 Å². The Hall–Kier alpha value is -3.25. The molecule has 0 amide bonds. The van der Waals surface area contributed by atoms with Crippen LogP contribution in [0.1, 0.15) is 5.69 Å². The maximum Gasteiger partial charge on any atom is 0.176 e. The molecule has 0 saturated heterocycles. The fourth-order valence-corrected chi connectivity index (χ4v) is 4.30. The first-order valence-electron chi connectivity index (χ1n) is 9.10. The quantitative estimate of drug-likeness (QED) is 0.494. The molecule has 5 nitrogen and oxygen atoms in total. The zero-order valence-corrected chi connectivity index (χ0v) is 17.2. The van der Waals surface area contributed by atoms with Crippen LogP contribution in [-0.4, -0.2) is 31.8 Å². The SMILES string of the molecule is COc1cccc2nc(-c3ccc(-c4ccccc4)cc3S(C)(=O)=O)c(C)nc12. The normalized spacial score (nSPS) is 11.6. The summed E-state index contributed by atoms with van der Waals surface area (Å²) >= 11 is 0. The predicted octanol–water partition coefficient (Wildman–Crippen LogP) is 4.68. The Morgan fingerprint density at radius 2 is 1.62 bits per heavy atom. The molecule has 29 heavy (non-hydrogen) atoms. The number of benzene rings is 3. The van der Waals surface area contributed by atoms with Gasteiger partial charge in [0.2, 0.25) is 0 Å². The molecular formula is C23H20N2O3S. The highest BCUT2D eigenvalue weighted by Crippen LogP contribution is 2.34. The average molecular weight is 404 g/mol. The second-order valence-corrected chi connectivity index (χ2v) is 8.82. The highest BCUT2D eigenvalue weighted by molar-refractivity contribution is 7.90. The first kappa shape index (κ1) is 19.1. The van der Waals surface area contributed by atoms with E-state index in [9.17, 15) is 8.42 Å². The highest BCUT2D eigenvalue weighted by Gasteiger charge is 2.20. The van der Waals surface area contributed by atoms with Crippen molar-refractivity contribution in [2.45, 2.75) is 11.8 Å². The molecule has 6 heteroatoms. The number of aryl methyl sites for hydroxylation is 1. The number of para-hydroxylation sites is 1. The number of sulfone groups is 1. The van der Waals surface area contributed by atoms with Crippen molar-refractivity contribution in [2.24, 2.45) is 0 Å². The van der Waals surface area contributed by atoms with Crippen LogP contribution < -0.4 is 4.74 Å². The second-order valence-electron chi connectivity index (χ2n) is 6.83. The Kier molecular flexibility index (Phi) is 4.80. The van der Waals surface area contributed by atoms with E-state index in [1.165, 1.54) is 6.26 Å². The standard InChI is InChI=1S/C23H20N2O3S/c1-15-22(25-19-10-7-11-20(28-2)23(19)24-15)18-13-12-17(14-21(18)29(3,26)27)16-8-5-4-6-9-16/h4-14H,1-3H3. The summed E-state index contributed by atoms with van der Waals surface area (Å²) in [4.78, 5) is 9.60. The van der Waals surface area contributed by atoms with E-state index >= 15 is 0 Å². The van der Waals surface area contributed by atoms with Crippen molar-refractivity contribution >= 4 is 20.9 Å². The van der Waals surface area contributed by atoms with Crippen LogP contribution in [0.2, 0.25) is 0 Å². The molecule has 0 N–H and O–H groups in total. The van der Waals surface area contributed by atoms with Crippen LogP contribution in [0.25, 0.3) is 33.4 Å². The molecule has 0 atom stereocenters. The molecule has 1 aromatic heterocycles. The number of nitrogens with zero attached hydrogens (tertiary/aromatic N) is 2.